The summed E-state index contributed by atoms with van der Waals surface area (Å²) in [6, 6.07) is 4.45. The molecular formula is C18H26N2O6S. The minimum atomic E-state index is -3.85. The second kappa shape index (κ2) is 8.71. The van der Waals surface area contributed by atoms with Gasteiger partial charge in [0.1, 0.15) is 5.75 Å². The van der Waals surface area contributed by atoms with Gasteiger partial charge in [-0.2, -0.15) is 4.31 Å². The standard InChI is InChI=1S/C18H26N2O6S/c1-4-17(21)19-9-13-8-15(5-6-16(13)26-3)27(24,25)20-10-12(2)7-14(11-20)18(22)23/h5-6,8,12,14H,4,7,9-11H2,1-3H3,(H,19,21)(H,22,23). The van der Waals surface area contributed by atoms with Crippen LogP contribution in [-0.2, 0) is 26.2 Å². The molecule has 0 aliphatic carbocycles. The summed E-state index contributed by atoms with van der Waals surface area (Å²) in [5, 5.41) is 12.0. The van der Waals surface area contributed by atoms with Crippen molar-refractivity contribution < 1.29 is 27.9 Å². The van der Waals surface area contributed by atoms with Crippen molar-refractivity contribution in [3.63, 3.8) is 0 Å². The van der Waals surface area contributed by atoms with Crippen molar-refractivity contribution in [2.24, 2.45) is 11.8 Å². The van der Waals surface area contributed by atoms with Crippen molar-refractivity contribution in [3.05, 3.63) is 23.8 Å². The number of hydrogen-bond donors (Lipinski definition) is 2. The number of ether oxygens (including phenoxy) is 1. The molecule has 1 fully saturated rings. The van der Waals surface area contributed by atoms with Crippen molar-refractivity contribution in [3.8, 4) is 5.75 Å². The number of rotatable bonds is 7. The van der Waals surface area contributed by atoms with Crippen molar-refractivity contribution >= 4 is 21.9 Å². The summed E-state index contributed by atoms with van der Waals surface area (Å²) < 4.78 is 32.6. The van der Waals surface area contributed by atoms with Crippen LogP contribution < -0.4 is 10.1 Å². The number of aliphatic carboxylic acids is 1. The maximum absolute atomic E-state index is 13.1. The van der Waals surface area contributed by atoms with Gasteiger partial charge >= 0.3 is 5.97 Å². The zero-order chi connectivity index (χ0) is 20.2. The number of carbonyl (C=O) groups excluding carboxylic acids is 1. The second-order valence-corrected chi connectivity index (χ2v) is 8.74. The Hall–Kier alpha value is -2.13. The van der Waals surface area contributed by atoms with Gasteiger partial charge < -0.3 is 15.2 Å². The smallest absolute Gasteiger partial charge is 0.307 e. The van der Waals surface area contributed by atoms with E-state index >= 15 is 0 Å². The maximum atomic E-state index is 13.1. The van der Waals surface area contributed by atoms with Crippen LogP contribution in [0.15, 0.2) is 23.1 Å². The van der Waals surface area contributed by atoms with Gasteiger partial charge in [-0.05, 0) is 30.5 Å². The van der Waals surface area contributed by atoms with E-state index in [-0.39, 0.29) is 36.4 Å². The molecule has 0 saturated carbocycles. The lowest BCUT2D eigenvalue weighted by Crippen LogP contribution is -2.45. The number of benzene rings is 1. The molecule has 1 saturated heterocycles. The van der Waals surface area contributed by atoms with Gasteiger partial charge in [0.05, 0.1) is 17.9 Å². The Morgan fingerprint density at radius 2 is 2.04 bits per heavy atom. The molecule has 1 amide bonds. The Labute approximate surface area is 159 Å². The first-order valence-corrected chi connectivity index (χ1v) is 10.3. The highest BCUT2D eigenvalue weighted by Gasteiger charge is 2.36. The molecule has 1 aliphatic heterocycles. The van der Waals surface area contributed by atoms with Crippen molar-refractivity contribution in [1.29, 1.82) is 0 Å². The van der Waals surface area contributed by atoms with Crippen LogP contribution in [0.2, 0.25) is 0 Å². The zero-order valence-electron chi connectivity index (χ0n) is 15.8. The summed E-state index contributed by atoms with van der Waals surface area (Å²) in [6.07, 6.45) is 0.779. The summed E-state index contributed by atoms with van der Waals surface area (Å²) in [5.41, 5.74) is 0.542. The molecular weight excluding hydrogens is 372 g/mol. The maximum Gasteiger partial charge on any atom is 0.307 e. The second-order valence-electron chi connectivity index (χ2n) is 6.80. The zero-order valence-corrected chi connectivity index (χ0v) is 16.6. The number of amides is 1. The summed E-state index contributed by atoms with van der Waals surface area (Å²) in [7, 11) is -2.38. The molecule has 1 aromatic rings. The lowest BCUT2D eigenvalue weighted by molar-refractivity contribution is -0.143. The SMILES string of the molecule is CCC(=O)NCc1cc(S(=O)(=O)N2CC(C)CC(C(=O)O)C2)ccc1OC. The molecule has 1 aromatic carbocycles. The third-order valence-electron chi connectivity index (χ3n) is 4.66. The van der Waals surface area contributed by atoms with Gasteiger partial charge in [0.15, 0.2) is 0 Å². The van der Waals surface area contributed by atoms with E-state index in [1.165, 1.54) is 23.5 Å². The largest absolute Gasteiger partial charge is 0.496 e. The summed E-state index contributed by atoms with van der Waals surface area (Å²) >= 11 is 0. The molecule has 0 bridgehead atoms. The van der Waals surface area contributed by atoms with Gasteiger partial charge in [-0.15, -0.1) is 0 Å². The molecule has 0 aromatic heterocycles. The number of methoxy groups -OCH3 is 1. The Morgan fingerprint density at radius 1 is 1.33 bits per heavy atom. The normalized spacial score (nSPS) is 20.9. The quantitative estimate of drug-likeness (QED) is 0.719. The summed E-state index contributed by atoms with van der Waals surface area (Å²) in [4.78, 5) is 22.9. The Kier molecular flexibility index (Phi) is 6.83. The molecule has 2 unspecified atom stereocenters. The van der Waals surface area contributed by atoms with Crippen molar-refractivity contribution in [2.45, 2.75) is 38.1 Å². The molecule has 27 heavy (non-hydrogen) atoms. The van der Waals surface area contributed by atoms with E-state index in [2.05, 4.69) is 5.32 Å². The van der Waals surface area contributed by atoms with Gasteiger partial charge in [-0.25, -0.2) is 8.42 Å². The van der Waals surface area contributed by atoms with E-state index < -0.39 is 21.9 Å². The Balaban J connectivity index is 2.31. The lowest BCUT2D eigenvalue weighted by atomic mass is 9.92. The molecule has 8 nitrogen and oxygen atoms in total. The van der Waals surface area contributed by atoms with E-state index in [4.69, 9.17) is 4.74 Å². The van der Waals surface area contributed by atoms with Crippen molar-refractivity contribution in [2.75, 3.05) is 20.2 Å². The van der Waals surface area contributed by atoms with Crippen LogP contribution in [0.3, 0.4) is 0 Å². The van der Waals surface area contributed by atoms with Crippen molar-refractivity contribution in [1.82, 2.24) is 9.62 Å². The van der Waals surface area contributed by atoms with Gasteiger partial charge in [0.25, 0.3) is 0 Å². The first-order valence-electron chi connectivity index (χ1n) is 8.85. The minimum absolute atomic E-state index is 0.0452. The van der Waals surface area contributed by atoms with Gasteiger partial charge in [0, 0.05) is 31.6 Å². The van der Waals surface area contributed by atoms with E-state index in [9.17, 15) is 23.1 Å². The molecule has 0 spiro atoms. The molecule has 1 heterocycles. The predicted octanol–water partition coefficient (Wildman–Crippen LogP) is 1.45. The number of nitrogens with zero attached hydrogens (tertiary/aromatic N) is 1. The molecule has 2 rings (SSSR count). The first-order chi connectivity index (χ1) is 12.7. The number of sulfonamides is 1. The topological polar surface area (TPSA) is 113 Å². The van der Waals surface area contributed by atoms with Crippen LogP contribution in [0.5, 0.6) is 5.75 Å². The molecule has 150 valence electrons. The fourth-order valence-corrected chi connectivity index (χ4v) is 4.86. The fourth-order valence-electron chi connectivity index (χ4n) is 3.20. The Morgan fingerprint density at radius 3 is 2.63 bits per heavy atom. The van der Waals surface area contributed by atoms with Crippen LogP contribution in [-0.4, -0.2) is 49.9 Å². The number of carboxylic acid groups (broad SMARTS) is 1. The molecule has 9 heteroatoms. The number of nitrogens with one attached hydrogen (secondary N) is 1. The van der Waals surface area contributed by atoms with E-state index in [0.717, 1.165) is 0 Å². The number of piperidine rings is 1. The highest BCUT2D eigenvalue weighted by molar-refractivity contribution is 7.89. The number of carboxylic acids is 1. The van der Waals surface area contributed by atoms with Gasteiger partial charge in [-0.1, -0.05) is 13.8 Å². The van der Waals surface area contributed by atoms with Gasteiger partial charge in [-0.3, -0.25) is 9.59 Å². The summed E-state index contributed by atoms with van der Waals surface area (Å²) in [6.45, 7) is 3.95. The molecule has 2 N–H and O–H groups in total. The molecule has 2 atom stereocenters. The molecule has 1 aliphatic rings. The van der Waals surface area contributed by atoms with Crippen LogP contribution in [0.1, 0.15) is 32.3 Å². The highest BCUT2D eigenvalue weighted by Crippen LogP contribution is 2.29. The number of carbonyl (C=O) groups is 2. The highest BCUT2D eigenvalue weighted by atomic mass is 32.2. The number of hydrogen-bond acceptors (Lipinski definition) is 5. The minimum Gasteiger partial charge on any atom is -0.496 e. The lowest BCUT2D eigenvalue weighted by Gasteiger charge is -2.33. The average Bonchev–Trinajstić information content (AvgIpc) is 2.65. The molecule has 0 radical (unpaired) electrons. The van der Waals surface area contributed by atoms with E-state index in [0.29, 0.717) is 24.2 Å². The average molecular weight is 398 g/mol. The Bertz CT molecular complexity index is 808. The van der Waals surface area contributed by atoms with Gasteiger partial charge in [0.2, 0.25) is 15.9 Å². The van der Waals surface area contributed by atoms with E-state index in [1.807, 2.05) is 6.92 Å². The fraction of sp³-hybridized carbons (Fsp3) is 0.556. The van der Waals surface area contributed by atoms with Crippen LogP contribution in [0.4, 0.5) is 0 Å². The van der Waals surface area contributed by atoms with Crippen LogP contribution in [0.25, 0.3) is 0 Å². The third-order valence-corrected chi connectivity index (χ3v) is 6.49. The summed E-state index contributed by atoms with van der Waals surface area (Å²) in [5.74, 6) is -1.43. The van der Waals surface area contributed by atoms with Crippen LogP contribution >= 0.6 is 0 Å². The first kappa shape index (κ1) is 21.2. The third kappa shape index (κ3) is 4.98. The van der Waals surface area contributed by atoms with E-state index in [1.54, 1.807) is 13.0 Å². The monoisotopic (exact) mass is 398 g/mol. The van der Waals surface area contributed by atoms with Crippen LogP contribution in [0, 0.1) is 11.8 Å². The predicted molar refractivity (Wildman–Crippen MR) is 98.8 cm³/mol.